The Morgan fingerprint density at radius 1 is 1.41 bits per heavy atom. The van der Waals surface area contributed by atoms with Gasteiger partial charge in [-0.1, -0.05) is 12.1 Å². The first-order valence-corrected chi connectivity index (χ1v) is 7.40. The molecule has 0 spiro atoms. The highest BCUT2D eigenvalue weighted by molar-refractivity contribution is 7.85. The molecule has 1 aromatic heterocycles. The van der Waals surface area contributed by atoms with Crippen LogP contribution in [0.15, 0.2) is 34.7 Å². The predicted molar refractivity (Wildman–Crippen MR) is 68.2 cm³/mol. The first-order chi connectivity index (χ1) is 8.18. The van der Waals surface area contributed by atoms with E-state index in [4.69, 9.17) is 0 Å². The van der Waals surface area contributed by atoms with Crippen LogP contribution in [0.4, 0.5) is 4.39 Å². The molecule has 2 aromatic rings. The van der Waals surface area contributed by atoms with Crippen LogP contribution in [0.1, 0.15) is 10.6 Å². The third kappa shape index (κ3) is 2.98. The van der Waals surface area contributed by atoms with Crippen molar-refractivity contribution in [3.8, 4) is 0 Å². The highest BCUT2D eigenvalue weighted by Crippen LogP contribution is 2.16. The van der Waals surface area contributed by atoms with Crippen LogP contribution in [0.5, 0.6) is 0 Å². The standard InChI is InChI=1S/C12H12FNOS2/c1-9-11(16-8-14-9)6-7-17(15)12-5-3-2-4-10(12)13/h2-5,8H,6-7H2,1H3. The van der Waals surface area contributed by atoms with Crippen LogP contribution in [-0.2, 0) is 17.2 Å². The molecule has 1 heterocycles. The molecule has 0 fully saturated rings. The summed E-state index contributed by atoms with van der Waals surface area (Å²) < 4.78 is 25.3. The van der Waals surface area contributed by atoms with Gasteiger partial charge in [-0.15, -0.1) is 11.3 Å². The summed E-state index contributed by atoms with van der Waals surface area (Å²) in [5.74, 6) is 0.0381. The molecule has 0 amide bonds. The average molecular weight is 269 g/mol. The Morgan fingerprint density at radius 3 is 2.82 bits per heavy atom. The lowest BCUT2D eigenvalue weighted by Crippen LogP contribution is -2.03. The first kappa shape index (κ1) is 12.4. The van der Waals surface area contributed by atoms with Gasteiger partial charge in [-0.25, -0.2) is 9.37 Å². The van der Waals surface area contributed by atoms with E-state index in [0.717, 1.165) is 10.6 Å². The zero-order valence-electron chi connectivity index (χ0n) is 9.35. The smallest absolute Gasteiger partial charge is 0.139 e. The number of halogens is 1. The summed E-state index contributed by atoms with van der Waals surface area (Å²) in [7, 11) is -1.28. The van der Waals surface area contributed by atoms with Gasteiger partial charge >= 0.3 is 0 Å². The van der Waals surface area contributed by atoms with Crippen LogP contribution in [0.3, 0.4) is 0 Å². The van der Waals surface area contributed by atoms with Gasteiger partial charge in [0.2, 0.25) is 0 Å². The van der Waals surface area contributed by atoms with Crippen LogP contribution in [0, 0.1) is 12.7 Å². The summed E-state index contributed by atoms with van der Waals surface area (Å²) in [6.07, 6.45) is 0.678. The molecule has 0 saturated heterocycles. The highest BCUT2D eigenvalue weighted by atomic mass is 32.2. The molecule has 0 aliphatic carbocycles. The molecule has 5 heteroatoms. The molecule has 2 rings (SSSR count). The largest absolute Gasteiger partial charge is 0.254 e. The third-order valence-electron chi connectivity index (χ3n) is 2.44. The second-order valence-electron chi connectivity index (χ2n) is 3.59. The van der Waals surface area contributed by atoms with Gasteiger partial charge in [0.1, 0.15) is 5.82 Å². The van der Waals surface area contributed by atoms with Gasteiger partial charge < -0.3 is 0 Å². The van der Waals surface area contributed by atoms with E-state index in [-0.39, 0.29) is 4.90 Å². The second kappa shape index (κ2) is 5.51. The van der Waals surface area contributed by atoms with Gasteiger partial charge in [-0.2, -0.15) is 0 Å². The van der Waals surface area contributed by atoms with E-state index in [2.05, 4.69) is 4.98 Å². The number of thiazole rings is 1. The van der Waals surface area contributed by atoms with Crippen molar-refractivity contribution >= 4 is 22.1 Å². The SMILES string of the molecule is Cc1ncsc1CCS(=O)c1ccccc1F. The number of nitrogens with zero attached hydrogens (tertiary/aromatic N) is 1. The third-order valence-corrected chi connectivity index (χ3v) is 4.83. The number of rotatable bonds is 4. The molecule has 0 aliphatic heterocycles. The van der Waals surface area contributed by atoms with Crippen molar-refractivity contribution in [1.29, 1.82) is 0 Å². The van der Waals surface area contributed by atoms with Gasteiger partial charge in [0.15, 0.2) is 0 Å². The van der Waals surface area contributed by atoms with Gasteiger partial charge in [0.25, 0.3) is 0 Å². The zero-order chi connectivity index (χ0) is 12.3. The van der Waals surface area contributed by atoms with Crippen LogP contribution < -0.4 is 0 Å². The van der Waals surface area contributed by atoms with E-state index in [9.17, 15) is 8.60 Å². The molecule has 0 N–H and O–H groups in total. The summed E-state index contributed by atoms with van der Waals surface area (Å²) >= 11 is 1.55. The molecular weight excluding hydrogens is 257 g/mol. The van der Waals surface area contributed by atoms with E-state index in [1.54, 1.807) is 35.0 Å². The molecule has 1 unspecified atom stereocenters. The fourth-order valence-electron chi connectivity index (χ4n) is 1.49. The summed E-state index contributed by atoms with van der Waals surface area (Å²) in [6.45, 7) is 1.93. The van der Waals surface area contributed by atoms with E-state index in [1.807, 2.05) is 6.92 Å². The van der Waals surface area contributed by atoms with Crippen LogP contribution in [0.25, 0.3) is 0 Å². The topological polar surface area (TPSA) is 30.0 Å². The minimum atomic E-state index is -1.28. The van der Waals surface area contributed by atoms with Crippen molar-refractivity contribution in [1.82, 2.24) is 4.98 Å². The fourth-order valence-corrected chi connectivity index (χ4v) is 3.53. The fraction of sp³-hybridized carbons (Fsp3) is 0.250. The molecular formula is C12H12FNOS2. The number of hydrogen-bond acceptors (Lipinski definition) is 3. The quantitative estimate of drug-likeness (QED) is 0.854. The highest BCUT2D eigenvalue weighted by Gasteiger charge is 2.10. The Kier molecular flexibility index (Phi) is 4.02. The Balaban J connectivity index is 2.04. The summed E-state index contributed by atoms with van der Waals surface area (Å²) in [6, 6.07) is 6.22. The lowest BCUT2D eigenvalue weighted by Gasteiger charge is -2.02. The first-order valence-electron chi connectivity index (χ1n) is 5.20. The molecule has 1 aromatic carbocycles. The average Bonchev–Trinajstić information content (AvgIpc) is 2.72. The van der Waals surface area contributed by atoms with Crippen LogP contribution in [-0.4, -0.2) is 14.9 Å². The molecule has 0 saturated carbocycles. The van der Waals surface area contributed by atoms with E-state index in [1.165, 1.54) is 6.07 Å². The number of aromatic nitrogens is 1. The van der Waals surface area contributed by atoms with Crippen molar-refractivity contribution in [2.24, 2.45) is 0 Å². The monoisotopic (exact) mass is 269 g/mol. The molecule has 2 nitrogen and oxygen atoms in total. The zero-order valence-corrected chi connectivity index (χ0v) is 11.0. The van der Waals surface area contributed by atoms with Crippen LogP contribution in [0.2, 0.25) is 0 Å². The van der Waals surface area contributed by atoms with E-state index < -0.39 is 16.6 Å². The van der Waals surface area contributed by atoms with Crippen molar-refractivity contribution in [2.45, 2.75) is 18.2 Å². The maximum atomic E-state index is 13.4. The lowest BCUT2D eigenvalue weighted by molar-refractivity contribution is 0.595. The van der Waals surface area contributed by atoms with Crippen molar-refractivity contribution in [2.75, 3.05) is 5.75 Å². The van der Waals surface area contributed by atoms with E-state index >= 15 is 0 Å². The maximum Gasteiger partial charge on any atom is 0.139 e. The molecule has 0 aliphatic rings. The van der Waals surface area contributed by atoms with Crippen molar-refractivity contribution < 1.29 is 8.60 Å². The summed E-state index contributed by atoms with van der Waals surface area (Å²) in [5, 5.41) is 0. The minimum absolute atomic E-state index is 0.287. The van der Waals surface area contributed by atoms with Crippen molar-refractivity contribution in [3.63, 3.8) is 0 Å². The van der Waals surface area contributed by atoms with Gasteiger partial charge in [-0.05, 0) is 25.5 Å². The Hall–Kier alpha value is -1.07. The van der Waals surface area contributed by atoms with Gasteiger partial charge in [-0.3, -0.25) is 4.21 Å². The van der Waals surface area contributed by atoms with Crippen molar-refractivity contribution in [3.05, 3.63) is 46.2 Å². The van der Waals surface area contributed by atoms with Crippen LogP contribution >= 0.6 is 11.3 Å². The molecule has 0 bridgehead atoms. The number of aryl methyl sites for hydroxylation is 2. The van der Waals surface area contributed by atoms with Gasteiger partial charge in [0.05, 0.1) is 26.9 Å². The molecule has 0 radical (unpaired) electrons. The Bertz CT molecular complexity index is 539. The normalized spacial score (nSPS) is 12.6. The Labute approximate surface area is 106 Å². The molecule has 17 heavy (non-hydrogen) atoms. The summed E-state index contributed by atoms with van der Waals surface area (Å²) in [4.78, 5) is 5.54. The second-order valence-corrected chi connectivity index (χ2v) is 6.07. The minimum Gasteiger partial charge on any atom is -0.254 e. The lowest BCUT2D eigenvalue weighted by atomic mass is 10.3. The molecule has 90 valence electrons. The Morgan fingerprint density at radius 2 is 2.18 bits per heavy atom. The number of benzene rings is 1. The number of hydrogen-bond donors (Lipinski definition) is 0. The summed E-state index contributed by atoms with van der Waals surface area (Å²) in [5.41, 5.74) is 2.75. The predicted octanol–water partition coefficient (Wildman–Crippen LogP) is 2.94. The van der Waals surface area contributed by atoms with Gasteiger partial charge in [0, 0.05) is 10.6 Å². The maximum absolute atomic E-state index is 13.4. The molecule has 1 atom stereocenters. The van der Waals surface area contributed by atoms with E-state index in [0.29, 0.717) is 12.2 Å².